The Morgan fingerprint density at radius 1 is 1.35 bits per heavy atom. The highest BCUT2D eigenvalue weighted by Crippen LogP contribution is 2.36. The van der Waals surface area contributed by atoms with E-state index in [0.29, 0.717) is 5.69 Å². The number of hydrogen-bond acceptors (Lipinski definition) is 3. The summed E-state index contributed by atoms with van der Waals surface area (Å²) in [5.41, 5.74) is 2.04. The number of phenols is 1. The number of aromatic hydroxyl groups is 1. The van der Waals surface area contributed by atoms with Gasteiger partial charge in [0.25, 0.3) is 0 Å². The summed E-state index contributed by atoms with van der Waals surface area (Å²) in [5, 5.41) is 16.3. The van der Waals surface area contributed by atoms with Crippen LogP contribution in [0.15, 0.2) is 12.1 Å². The van der Waals surface area contributed by atoms with Crippen molar-refractivity contribution in [3.63, 3.8) is 0 Å². The van der Waals surface area contributed by atoms with Crippen molar-refractivity contribution < 1.29 is 9.90 Å². The first-order chi connectivity index (χ1) is 9.48. The Morgan fingerprint density at radius 2 is 2.00 bits per heavy atom. The van der Waals surface area contributed by atoms with Gasteiger partial charge in [0.2, 0.25) is 5.91 Å². The molecular weight excluding hydrogens is 252 g/mol. The van der Waals surface area contributed by atoms with Crippen molar-refractivity contribution in [1.29, 1.82) is 0 Å². The molecule has 1 amide bonds. The lowest BCUT2D eigenvalue weighted by atomic mass is 9.76. The molecule has 0 aromatic heterocycles. The molecule has 0 bridgehead atoms. The molecule has 0 saturated carbocycles. The second-order valence-electron chi connectivity index (χ2n) is 5.82. The van der Waals surface area contributed by atoms with E-state index in [4.69, 9.17) is 0 Å². The maximum absolute atomic E-state index is 12.6. The summed E-state index contributed by atoms with van der Waals surface area (Å²) >= 11 is 0. The summed E-state index contributed by atoms with van der Waals surface area (Å²) in [6, 6.07) is 3.73. The molecule has 1 aromatic carbocycles. The van der Waals surface area contributed by atoms with Gasteiger partial charge in [-0.3, -0.25) is 4.79 Å². The summed E-state index contributed by atoms with van der Waals surface area (Å²) < 4.78 is 0. The minimum absolute atomic E-state index is 0.0294. The van der Waals surface area contributed by atoms with E-state index in [-0.39, 0.29) is 17.1 Å². The molecule has 1 fully saturated rings. The Balaban J connectivity index is 2.22. The van der Waals surface area contributed by atoms with Crippen LogP contribution in [0.5, 0.6) is 5.75 Å². The highest BCUT2D eigenvalue weighted by molar-refractivity contribution is 5.96. The Hall–Kier alpha value is -1.55. The first-order valence-corrected chi connectivity index (χ1v) is 7.31. The summed E-state index contributed by atoms with van der Waals surface area (Å²) in [6.07, 6.45) is 2.52. The predicted octanol–water partition coefficient (Wildman–Crippen LogP) is 2.73. The standard InChI is InChI=1S/C16H24N2O2/c1-4-16(5-7-17-8-6-16)15(20)18-13-10-11(2)9-12(3)14(13)19/h9-10,17,19H,4-8H2,1-3H3,(H,18,20). The van der Waals surface area contributed by atoms with E-state index in [0.717, 1.165) is 43.5 Å². The molecule has 2 rings (SSSR count). The third-order valence-corrected chi connectivity index (χ3v) is 4.41. The van der Waals surface area contributed by atoms with Crippen molar-refractivity contribution in [2.75, 3.05) is 18.4 Å². The normalized spacial score (nSPS) is 17.8. The van der Waals surface area contributed by atoms with Gasteiger partial charge < -0.3 is 15.7 Å². The Labute approximate surface area is 120 Å². The van der Waals surface area contributed by atoms with E-state index in [9.17, 15) is 9.90 Å². The van der Waals surface area contributed by atoms with Gasteiger partial charge in [0.1, 0.15) is 5.75 Å². The van der Waals surface area contributed by atoms with Crippen LogP contribution in [0.4, 0.5) is 5.69 Å². The van der Waals surface area contributed by atoms with Crippen molar-refractivity contribution in [2.24, 2.45) is 5.41 Å². The number of phenolic OH excluding ortho intramolecular Hbond substituents is 1. The molecule has 4 heteroatoms. The van der Waals surface area contributed by atoms with Gasteiger partial charge in [-0.05, 0) is 63.4 Å². The molecule has 0 aliphatic carbocycles. The van der Waals surface area contributed by atoms with Gasteiger partial charge in [0, 0.05) is 0 Å². The summed E-state index contributed by atoms with van der Waals surface area (Å²) in [7, 11) is 0. The second kappa shape index (κ2) is 5.83. The van der Waals surface area contributed by atoms with Crippen molar-refractivity contribution in [3.8, 4) is 5.75 Å². The van der Waals surface area contributed by atoms with Crippen LogP contribution in [0.3, 0.4) is 0 Å². The van der Waals surface area contributed by atoms with E-state index in [1.54, 1.807) is 0 Å². The van der Waals surface area contributed by atoms with Crippen LogP contribution >= 0.6 is 0 Å². The molecule has 0 atom stereocenters. The molecular formula is C16H24N2O2. The number of amides is 1. The van der Waals surface area contributed by atoms with Crippen LogP contribution < -0.4 is 10.6 Å². The van der Waals surface area contributed by atoms with Crippen LogP contribution in [-0.2, 0) is 4.79 Å². The van der Waals surface area contributed by atoms with Gasteiger partial charge >= 0.3 is 0 Å². The van der Waals surface area contributed by atoms with Gasteiger partial charge in [-0.2, -0.15) is 0 Å². The fourth-order valence-corrected chi connectivity index (χ4v) is 2.96. The highest BCUT2D eigenvalue weighted by atomic mass is 16.3. The van der Waals surface area contributed by atoms with Gasteiger partial charge in [0.15, 0.2) is 0 Å². The van der Waals surface area contributed by atoms with Crippen LogP contribution in [0.25, 0.3) is 0 Å². The molecule has 1 aromatic rings. The zero-order valence-corrected chi connectivity index (χ0v) is 12.5. The minimum atomic E-state index is -0.310. The Kier molecular flexibility index (Phi) is 4.33. The maximum atomic E-state index is 12.6. The summed E-state index contributed by atoms with van der Waals surface area (Å²) in [6.45, 7) is 7.62. The van der Waals surface area contributed by atoms with Crippen LogP contribution in [-0.4, -0.2) is 24.1 Å². The number of aryl methyl sites for hydroxylation is 2. The number of benzene rings is 1. The average Bonchev–Trinajstić information content (AvgIpc) is 2.44. The molecule has 1 heterocycles. The molecule has 0 unspecified atom stereocenters. The van der Waals surface area contributed by atoms with Crippen molar-refractivity contribution >= 4 is 11.6 Å². The highest BCUT2D eigenvalue weighted by Gasteiger charge is 2.38. The third-order valence-electron chi connectivity index (χ3n) is 4.41. The number of rotatable bonds is 3. The number of hydrogen-bond donors (Lipinski definition) is 3. The van der Waals surface area contributed by atoms with E-state index in [2.05, 4.69) is 17.6 Å². The number of carbonyl (C=O) groups is 1. The number of anilines is 1. The molecule has 0 spiro atoms. The summed E-state index contributed by atoms with van der Waals surface area (Å²) in [4.78, 5) is 12.6. The monoisotopic (exact) mass is 276 g/mol. The van der Waals surface area contributed by atoms with E-state index in [1.807, 2.05) is 26.0 Å². The zero-order valence-electron chi connectivity index (χ0n) is 12.5. The molecule has 20 heavy (non-hydrogen) atoms. The molecule has 1 saturated heterocycles. The van der Waals surface area contributed by atoms with Gasteiger partial charge in [-0.1, -0.05) is 13.0 Å². The Bertz CT molecular complexity index is 505. The molecule has 0 radical (unpaired) electrons. The SMILES string of the molecule is CCC1(C(=O)Nc2cc(C)cc(C)c2O)CCNCC1. The number of carbonyl (C=O) groups excluding carboxylic acids is 1. The topological polar surface area (TPSA) is 61.4 Å². The number of nitrogens with one attached hydrogen (secondary N) is 2. The summed E-state index contributed by atoms with van der Waals surface area (Å²) in [5.74, 6) is 0.200. The van der Waals surface area contributed by atoms with Crippen LogP contribution in [0.2, 0.25) is 0 Å². The lowest BCUT2D eigenvalue weighted by Gasteiger charge is -2.35. The Morgan fingerprint density at radius 3 is 2.60 bits per heavy atom. The van der Waals surface area contributed by atoms with Crippen LogP contribution in [0, 0.1) is 19.3 Å². The first-order valence-electron chi connectivity index (χ1n) is 7.31. The molecule has 3 N–H and O–H groups in total. The predicted molar refractivity (Wildman–Crippen MR) is 81.0 cm³/mol. The average molecular weight is 276 g/mol. The third kappa shape index (κ3) is 2.80. The fourth-order valence-electron chi connectivity index (χ4n) is 2.96. The van der Waals surface area contributed by atoms with Crippen molar-refractivity contribution in [2.45, 2.75) is 40.0 Å². The minimum Gasteiger partial charge on any atom is -0.505 e. The van der Waals surface area contributed by atoms with Crippen molar-refractivity contribution in [3.05, 3.63) is 23.3 Å². The fraction of sp³-hybridized carbons (Fsp3) is 0.562. The maximum Gasteiger partial charge on any atom is 0.230 e. The van der Waals surface area contributed by atoms with Gasteiger partial charge in [-0.25, -0.2) is 0 Å². The quantitative estimate of drug-likeness (QED) is 0.744. The molecule has 1 aliphatic rings. The number of piperidine rings is 1. The van der Waals surface area contributed by atoms with Gasteiger partial charge in [0.05, 0.1) is 11.1 Å². The van der Waals surface area contributed by atoms with Crippen LogP contribution in [0.1, 0.15) is 37.3 Å². The smallest absolute Gasteiger partial charge is 0.230 e. The van der Waals surface area contributed by atoms with E-state index in [1.165, 1.54) is 0 Å². The largest absolute Gasteiger partial charge is 0.505 e. The zero-order chi connectivity index (χ0) is 14.8. The first kappa shape index (κ1) is 14.9. The van der Waals surface area contributed by atoms with E-state index < -0.39 is 0 Å². The van der Waals surface area contributed by atoms with E-state index >= 15 is 0 Å². The molecule has 4 nitrogen and oxygen atoms in total. The lowest BCUT2D eigenvalue weighted by molar-refractivity contribution is -0.127. The lowest BCUT2D eigenvalue weighted by Crippen LogP contribution is -2.44. The molecule has 110 valence electrons. The second-order valence-corrected chi connectivity index (χ2v) is 5.82. The molecule has 1 aliphatic heterocycles. The van der Waals surface area contributed by atoms with Crippen molar-refractivity contribution in [1.82, 2.24) is 5.32 Å². The van der Waals surface area contributed by atoms with Gasteiger partial charge in [-0.15, -0.1) is 0 Å².